The molecule has 4 amide bonds. The van der Waals surface area contributed by atoms with Gasteiger partial charge in [0.05, 0.1) is 18.4 Å². The van der Waals surface area contributed by atoms with Crippen molar-refractivity contribution >= 4 is 44.6 Å². The Bertz CT molecular complexity index is 1790. The molecule has 13 nitrogen and oxygen atoms in total. The summed E-state index contributed by atoms with van der Waals surface area (Å²) in [6, 6.07) is 5.99. The number of amides is 4. The first-order chi connectivity index (χ1) is 24.1. The number of nitrogens with zero attached hydrogens (tertiary/aromatic N) is 2. The highest BCUT2D eigenvalue weighted by atomic mass is 32.2. The zero-order valence-electron chi connectivity index (χ0n) is 28.1. The standard InChI is InChI=1S/C36H45N5O8S/c1-2-25-20-36(25,34(44)40-50(46,47)27-13-14-27)39-31(42)29-19-26-21-41(29)33(43)30(24-9-4-3-5-10-24)38-35(45)48-17-7-6-8-22-11-12-23-15-16-37-32(49-26)28(23)18-22/h2,11-12,15-16,18,24-27,29-30H,1,3-10,13-14,17,19-21H2,(H,38,45)(H,39,42)(H,40,44). The molecule has 0 spiro atoms. The fourth-order valence-electron chi connectivity index (χ4n) is 7.78. The zero-order chi connectivity index (χ0) is 35.0. The molecule has 5 aliphatic rings. The van der Waals surface area contributed by atoms with E-state index in [-0.39, 0.29) is 31.9 Å². The molecule has 4 fully saturated rings. The predicted octanol–water partition coefficient (Wildman–Crippen LogP) is 3.26. The van der Waals surface area contributed by atoms with Crippen molar-refractivity contribution in [1.29, 1.82) is 0 Å². The molecule has 5 atom stereocenters. The number of aromatic nitrogens is 1. The summed E-state index contributed by atoms with van der Waals surface area (Å²) in [6.07, 6.45) is 9.64. The first-order valence-electron chi connectivity index (χ1n) is 17.9. The van der Waals surface area contributed by atoms with Crippen LogP contribution in [-0.4, -0.2) is 84.2 Å². The number of carbonyl (C=O) groups excluding carboxylic acids is 4. The summed E-state index contributed by atoms with van der Waals surface area (Å²) in [7, 11) is -3.87. The Kier molecular flexibility index (Phi) is 9.48. The van der Waals surface area contributed by atoms with Crippen molar-refractivity contribution in [2.45, 2.75) is 106 Å². The minimum atomic E-state index is -3.87. The molecule has 3 N–H and O–H groups in total. The van der Waals surface area contributed by atoms with E-state index < -0.39 is 68.7 Å². The van der Waals surface area contributed by atoms with Gasteiger partial charge in [-0.3, -0.25) is 19.1 Å². The number of nitrogens with one attached hydrogen (secondary N) is 3. The zero-order valence-corrected chi connectivity index (χ0v) is 28.9. The second-order valence-electron chi connectivity index (χ2n) is 14.4. The van der Waals surface area contributed by atoms with Gasteiger partial charge in [0.2, 0.25) is 27.7 Å². The summed E-state index contributed by atoms with van der Waals surface area (Å²) in [5.41, 5.74) is -0.434. The van der Waals surface area contributed by atoms with Crippen molar-refractivity contribution in [3.63, 3.8) is 0 Å². The summed E-state index contributed by atoms with van der Waals surface area (Å²) in [5, 5.41) is 6.81. The maximum absolute atomic E-state index is 14.6. The molecule has 2 aliphatic heterocycles. The molecular formula is C36H45N5O8S. The van der Waals surface area contributed by atoms with E-state index >= 15 is 0 Å². The third-order valence-corrected chi connectivity index (χ3v) is 12.7. The number of sulfonamides is 1. The van der Waals surface area contributed by atoms with Crippen LogP contribution in [0.25, 0.3) is 10.8 Å². The molecule has 3 saturated carbocycles. The van der Waals surface area contributed by atoms with Crippen LogP contribution in [0.1, 0.15) is 76.2 Å². The number of hydrogen-bond donors (Lipinski definition) is 3. The lowest BCUT2D eigenvalue weighted by atomic mass is 9.83. The highest BCUT2D eigenvalue weighted by Gasteiger charge is 2.62. The van der Waals surface area contributed by atoms with Crippen molar-refractivity contribution in [3.8, 4) is 5.88 Å². The Morgan fingerprint density at radius 1 is 1.06 bits per heavy atom. The van der Waals surface area contributed by atoms with Crippen molar-refractivity contribution in [2.24, 2.45) is 11.8 Å². The van der Waals surface area contributed by atoms with Gasteiger partial charge in [0.25, 0.3) is 5.91 Å². The normalized spacial score (nSPS) is 29.3. The van der Waals surface area contributed by atoms with Gasteiger partial charge in [0.15, 0.2) is 0 Å². The van der Waals surface area contributed by atoms with Crippen molar-refractivity contribution in [2.75, 3.05) is 13.2 Å². The number of carbonyl (C=O) groups is 4. The summed E-state index contributed by atoms with van der Waals surface area (Å²) in [6.45, 7) is 4.02. The molecule has 1 aromatic carbocycles. The van der Waals surface area contributed by atoms with E-state index in [4.69, 9.17) is 9.47 Å². The van der Waals surface area contributed by atoms with Crippen LogP contribution in [0.3, 0.4) is 0 Å². The monoisotopic (exact) mass is 707 g/mol. The minimum Gasteiger partial charge on any atom is -0.472 e. The third-order valence-electron chi connectivity index (χ3n) is 10.9. The summed E-state index contributed by atoms with van der Waals surface area (Å²) >= 11 is 0. The molecule has 7 rings (SSSR count). The lowest BCUT2D eigenvalue weighted by Gasteiger charge is -2.34. The molecule has 0 radical (unpaired) electrons. The van der Waals surface area contributed by atoms with Crippen LogP contribution >= 0.6 is 0 Å². The van der Waals surface area contributed by atoms with Crippen LogP contribution in [0.15, 0.2) is 43.1 Å². The number of alkyl carbamates (subject to hydrolysis) is 1. The minimum absolute atomic E-state index is 0.0365. The number of ether oxygens (including phenoxy) is 2. The van der Waals surface area contributed by atoms with Gasteiger partial charge in [-0.1, -0.05) is 37.5 Å². The van der Waals surface area contributed by atoms with Crippen LogP contribution in [-0.2, 0) is 35.6 Å². The number of fused-ring (bicyclic) bond motifs is 3. The summed E-state index contributed by atoms with van der Waals surface area (Å²) in [5.74, 6) is -2.10. The SMILES string of the molecule is C=CC1CC1(NC(=O)C1CC2CN1C(=O)C(C1CCCCC1)NC(=O)OCCCCc1ccc3ccnc(c3c1)O2)C(=O)NS(=O)(=O)C1CC1. The van der Waals surface area contributed by atoms with Gasteiger partial charge < -0.3 is 25.0 Å². The lowest BCUT2D eigenvalue weighted by molar-refractivity contribution is -0.142. The maximum atomic E-state index is 14.6. The predicted molar refractivity (Wildman–Crippen MR) is 183 cm³/mol. The van der Waals surface area contributed by atoms with Crippen molar-refractivity contribution in [1.82, 2.24) is 25.2 Å². The Morgan fingerprint density at radius 2 is 1.86 bits per heavy atom. The maximum Gasteiger partial charge on any atom is 0.407 e. The molecule has 1 saturated heterocycles. The molecule has 50 heavy (non-hydrogen) atoms. The van der Waals surface area contributed by atoms with E-state index in [1.54, 1.807) is 6.20 Å². The first-order valence-corrected chi connectivity index (χ1v) is 19.4. The van der Waals surface area contributed by atoms with Gasteiger partial charge in [-0.15, -0.1) is 6.58 Å². The Hall–Kier alpha value is -4.20. The third kappa shape index (κ3) is 7.03. The highest BCUT2D eigenvalue weighted by Crippen LogP contribution is 2.45. The first kappa shape index (κ1) is 34.3. The van der Waals surface area contributed by atoms with E-state index in [0.29, 0.717) is 25.1 Å². The number of cyclic esters (lactones) is 1. The smallest absolute Gasteiger partial charge is 0.407 e. The second kappa shape index (κ2) is 13.8. The molecule has 3 heterocycles. The van der Waals surface area contributed by atoms with Crippen molar-refractivity contribution in [3.05, 3.63) is 48.7 Å². The van der Waals surface area contributed by atoms with Crippen molar-refractivity contribution < 1.29 is 37.1 Å². The average Bonchev–Trinajstić information content (AvgIpc) is 4.04. The van der Waals surface area contributed by atoms with E-state index in [0.717, 1.165) is 61.3 Å². The quantitative estimate of drug-likeness (QED) is 0.365. The highest BCUT2D eigenvalue weighted by molar-refractivity contribution is 7.91. The molecule has 1 aromatic heterocycles. The fourth-order valence-corrected chi connectivity index (χ4v) is 9.15. The van der Waals surface area contributed by atoms with Crippen LogP contribution < -0.4 is 20.1 Å². The van der Waals surface area contributed by atoms with E-state index in [1.165, 1.54) is 11.0 Å². The number of hydrogen-bond acceptors (Lipinski definition) is 9. The largest absolute Gasteiger partial charge is 0.472 e. The fraction of sp³-hybridized carbons (Fsp3) is 0.583. The van der Waals surface area contributed by atoms with Gasteiger partial charge >= 0.3 is 6.09 Å². The molecular weight excluding hydrogens is 662 g/mol. The average molecular weight is 708 g/mol. The second-order valence-corrected chi connectivity index (χ2v) is 16.4. The van der Waals surface area contributed by atoms with E-state index in [2.05, 4.69) is 33.0 Å². The molecule has 2 aromatic rings. The molecule has 4 bridgehead atoms. The van der Waals surface area contributed by atoms with Crippen LogP contribution in [0.2, 0.25) is 0 Å². The van der Waals surface area contributed by atoms with Crippen LogP contribution in [0.4, 0.5) is 4.79 Å². The summed E-state index contributed by atoms with van der Waals surface area (Å²) in [4.78, 5) is 61.4. The van der Waals surface area contributed by atoms with Gasteiger partial charge in [0, 0.05) is 23.9 Å². The Labute approximate surface area is 292 Å². The number of pyridine rings is 1. The molecule has 268 valence electrons. The lowest BCUT2D eigenvalue weighted by Crippen LogP contribution is -2.59. The van der Waals surface area contributed by atoms with Crippen LogP contribution in [0, 0.1) is 11.8 Å². The topological polar surface area (TPSA) is 173 Å². The van der Waals surface area contributed by atoms with Gasteiger partial charge in [0.1, 0.15) is 23.7 Å². The van der Waals surface area contributed by atoms with Gasteiger partial charge in [-0.25, -0.2) is 18.2 Å². The van der Waals surface area contributed by atoms with Crippen LogP contribution in [0.5, 0.6) is 5.88 Å². The Balaban J connectivity index is 1.21. The summed E-state index contributed by atoms with van der Waals surface area (Å²) < 4.78 is 39.6. The van der Waals surface area contributed by atoms with Gasteiger partial charge in [-0.2, -0.15) is 0 Å². The molecule has 5 unspecified atom stereocenters. The number of benzene rings is 1. The van der Waals surface area contributed by atoms with E-state index in [1.807, 2.05) is 18.2 Å². The number of rotatable bonds is 7. The Morgan fingerprint density at radius 3 is 2.60 bits per heavy atom. The van der Waals surface area contributed by atoms with Gasteiger partial charge in [-0.05, 0) is 80.4 Å². The molecule has 3 aliphatic carbocycles. The molecule has 14 heteroatoms. The van der Waals surface area contributed by atoms with E-state index in [9.17, 15) is 27.6 Å². The number of aryl methyl sites for hydroxylation is 1.